The molecule has 0 radical (unpaired) electrons. The van der Waals surface area contributed by atoms with Gasteiger partial charge in [-0.3, -0.25) is 9.59 Å². The molecule has 0 saturated heterocycles. The summed E-state index contributed by atoms with van der Waals surface area (Å²) in [6.45, 7) is 9.23. The maximum absolute atomic E-state index is 14.6. The van der Waals surface area contributed by atoms with Crippen molar-refractivity contribution in [3.05, 3.63) is 64.1 Å². The lowest BCUT2D eigenvalue weighted by molar-refractivity contribution is -0.274. The molecule has 0 fully saturated rings. The minimum absolute atomic E-state index is 0.0942. The molecule has 0 spiro atoms. The fourth-order valence-corrected chi connectivity index (χ4v) is 5.77. The molecular weight excluding hydrogens is 654 g/mol. The van der Waals surface area contributed by atoms with Gasteiger partial charge in [-0.1, -0.05) is 68.2 Å². The third-order valence-corrected chi connectivity index (χ3v) is 7.71. The van der Waals surface area contributed by atoms with Crippen LogP contribution in [0.15, 0.2) is 48.5 Å². The molecule has 46 heavy (non-hydrogen) atoms. The molecular formula is C31H32Cl2F3N3O7. The molecule has 0 bridgehead atoms. The van der Waals surface area contributed by atoms with Gasteiger partial charge in [-0.15, -0.1) is 13.2 Å². The molecule has 248 valence electrons. The first-order valence-corrected chi connectivity index (χ1v) is 14.4. The zero-order chi connectivity index (χ0) is 35.0. The molecule has 4 N–H and O–H groups in total. The molecule has 10 nitrogen and oxygen atoms in total. The zero-order valence-corrected chi connectivity index (χ0v) is 27.1. The quantitative estimate of drug-likeness (QED) is 0.187. The largest absolute Gasteiger partial charge is 0.573 e. The number of carboxylic acids is 2. The van der Waals surface area contributed by atoms with E-state index in [9.17, 15) is 42.6 Å². The molecule has 0 saturated carbocycles. The summed E-state index contributed by atoms with van der Waals surface area (Å²) in [5, 5.41) is 25.6. The van der Waals surface area contributed by atoms with E-state index in [2.05, 4.69) is 15.4 Å². The Morgan fingerprint density at radius 3 is 1.80 bits per heavy atom. The second-order valence-electron chi connectivity index (χ2n) is 12.4. The molecule has 0 aliphatic heterocycles. The van der Waals surface area contributed by atoms with Gasteiger partial charge in [0.2, 0.25) is 0 Å². The van der Waals surface area contributed by atoms with E-state index in [1.54, 1.807) is 45.0 Å². The van der Waals surface area contributed by atoms with Crippen LogP contribution in [0, 0.1) is 5.41 Å². The van der Waals surface area contributed by atoms with Gasteiger partial charge in [-0.25, -0.2) is 9.59 Å². The molecule has 3 aromatic carbocycles. The number of halogens is 5. The van der Waals surface area contributed by atoms with Crippen LogP contribution in [0.4, 0.5) is 29.3 Å². The topological polar surface area (TPSA) is 145 Å². The Morgan fingerprint density at radius 1 is 0.848 bits per heavy atom. The zero-order valence-electron chi connectivity index (χ0n) is 25.6. The van der Waals surface area contributed by atoms with Gasteiger partial charge < -0.3 is 30.5 Å². The average molecular weight is 687 g/mol. The Morgan fingerprint density at radius 2 is 1.37 bits per heavy atom. The molecule has 0 unspecified atom stereocenters. The molecule has 15 heteroatoms. The number of benzene rings is 3. The minimum atomic E-state index is -5.02. The lowest BCUT2D eigenvalue weighted by atomic mass is 9.68. The Hall–Kier alpha value is -4.23. The van der Waals surface area contributed by atoms with Gasteiger partial charge in [0.25, 0.3) is 5.91 Å². The number of rotatable bonds is 8. The van der Waals surface area contributed by atoms with Crippen molar-refractivity contribution in [2.24, 2.45) is 5.41 Å². The number of carbonyl (C=O) groups is 4. The number of hydrogen-bond donors (Lipinski definition) is 4. The highest BCUT2D eigenvalue weighted by molar-refractivity contribution is 6.40. The van der Waals surface area contributed by atoms with Crippen LogP contribution in [0.5, 0.6) is 5.75 Å². The second kappa shape index (κ2) is 12.9. The van der Waals surface area contributed by atoms with E-state index < -0.39 is 58.9 Å². The van der Waals surface area contributed by atoms with E-state index >= 15 is 0 Å². The number of alkyl halides is 3. The highest BCUT2D eigenvalue weighted by atomic mass is 35.5. The SMILES string of the molecule is CC(C)(C)N(C(=O)c1cc2ccccc2cc1NC(=O)Nc1c(Cl)cc(OC(F)(F)F)cc1Cl)[C@@](CC(=O)O)(C(=O)O)C(C)(C)C. The number of fused-ring (bicyclic) bond motifs is 1. The van der Waals surface area contributed by atoms with E-state index in [4.69, 9.17) is 23.2 Å². The summed E-state index contributed by atoms with van der Waals surface area (Å²) in [7, 11) is 0. The van der Waals surface area contributed by atoms with E-state index in [0.717, 1.165) is 17.0 Å². The van der Waals surface area contributed by atoms with Crippen molar-refractivity contribution in [3.8, 4) is 5.75 Å². The van der Waals surface area contributed by atoms with Crippen molar-refractivity contribution < 1.29 is 47.3 Å². The Labute approximate surface area is 272 Å². The highest BCUT2D eigenvalue weighted by Gasteiger charge is 2.59. The third kappa shape index (κ3) is 7.76. The Bertz CT molecular complexity index is 1680. The van der Waals surface area contributed by atoms with Crippen molar-refractivity contribution >= 4 is 69.2 Å². The number of nitrogens with zero attached hydrogens (tertiary/aromatic N) is 1. The monoisotopic (exact) mass is 685 g/mol. The van der Waals surface area contributed by atoms with Crippen LogP contribution in [0.3, 0.4) is 0 Å². The average Bonchev–Trinajstić information content (AvgIpc) is 2.87. The summed E-state index contributed by atoms with van der Waals surface area (Å²) in [5.74, 6) is -4.60. The van der Waals surface area contributed by atoms with Crippen LogP contribution in [-0.4, -0.2) is 56.4 Å². The first kappa shape index (κ1) is 36.2. The van der Waals surface area contributed by atoms with E-state index in [-0.39, 0.29) is 27.0 Å². The minimum Gasteiger partial charge on any atom is -0.481 e. The van der Waals surface area contributed by atoms with Crippen molar-refractivity contribution in [3.63, 3.8) is 0 Å². The van der Waals surface area contributed by atoms with Crippen LogP contribution >= 0.6 is 23.2 Å². The molecule has 0 heterocycles. The number of carboxylic acid groups (broad SMARTS) is 2. The molecule has 0 aliphatic carbocycles. The number of anilines is 2. The van der Waals surface area contributed by atoms with Gasteiger partial charge in [-0.2, -0.15) is 0 Å². The predicted octanol–water partition coefficient (Wildman–Crippen LogP) is 8.27. The van der Waals surface area contributed by atoms with Gasteiger partial charge in [0.1, 0.15) is 5.75 Å². The molecule has 3 amide bonds. The van der Waals surface area contributed by atoms with Crippen molar-refractivity contribution in [2.45, 2.75) is 65.4 Å². The van der Waals surface area contributed by atoms with Gasteiger partial charge in [0, 0.05) is 17.7 Å². The van der Waals surface area contributed by atoms with Crippen molar-refractivity contribution in [1.82, 2.24) is 4.90 Å². The number of urea groups is 1. The second-order valence-corrected chi connectivity index (χ2v) is 13.2. The summed E-state index contributed by atoms with van der Waals surface area (Å²) in [6, 6.07) is 10.3. The number of amides is 3. The van der Waals surface area contributed by atoms with Crippen molar-refractivity contribution in [2.75, 3.05) is 10.6 Å². The summed E-state index contributed by atoms with van der Waals surface area (Å²) < 4.78 is 41.8. The lowest BCUT2D eigenvalue weighted by Gasteiger charge is -2.53. The number of ether oxygens (including phenoxy) is 1. The van der Waals surface area contributed by atoms with Crippen LogP contribution in [0.25, 0.3) is 10.8 Å². The van der Waals surface area contributed by atoms with Crippen LogP contribution in [0.2, 0.25) is 10.0 Å². The summed E-state index contributed by atoms with van der Waals surface area (Å²) in [4.78, 5) is 54.0. The predicted molar refractivity (Wildman–Crippen MR) is 168 cm³/mol. The highest BCUT2D eigenvalue weighted by Crippen LogP contribution is 2.45. The number of carbonyl (C=O) groups excluding carboxylic acids is 2. The van der Waals surface area contributed by atoms with Crippen LogP contribution < -0.4 is 15.4 Å². The third-order valence-electron chi connectivity index (χ3n) is 7.11. The summed E-state index contributed by atoms with van der Waals surface area (Å²) in [5.41, 5.74) is -5.36. The maximum Gasteiger partial charge on any atom is 0.573 e. The fourth-order valence-electron chi connectivity index (χ4n) is 5.21. The lowest BCUT2D eigenvalue weighted by Crippen LogP contribution is -2.69. The first-order valence-electron chi connectivity index (χ1n) is 13.6. The van der Waals surface area contributed by atoms with E-state index in [0.29, 0.717) is 10.8 Å². The normalized spacial score (nSPS) is 13.5. The fraction of sp³-hybridized carbons (Fsp3) is 0.355. The van der Waals surface area contributed by atoms with Gasteiger partial charge in [0.15, 0.2) is 5.54 Å². The van der Waals surface area contributed by atoms with Gasteiger partial charge in [-0.05, 0) is 49.1 Å². The Kier molecular flexibility index (Phi) is 10.1. The standard InChI is InChI=1S/C31H32Cl2F3N3O7/c1-28(2,3)30(26(43)44,15-23(40)41)39(29(4,5)6)25(42)19-11-16-9-7-8-10-17(16)12-22(19)37-27(45)38-24-20(32)13-18(14-21(24)33)46-31(34,35)36/h7-14H,15H2,1-6H3,(H,40,41)(H,43,44)(H2,37,38,45)/t30-/m0/s1. The molecule has 3 rings (SSSR count). The molecule has 0 aromatic heterocycles. The summed E-state index contributed by atoms with van der Waals surface area (Å²) in [6.07, 6.45) is -5.95. The van der Waals surface area contributed by atoms with Crippen molar-refractivity contribution in [1.29, 1.82) is 0 Å². The van der Waals surface area contributed by atoms with Gasteiger partial charge >= 0.3 is 24.3 Å². The smallest absolute Gasteiger partial charge is 0.481 e. The number of aliphatic carboxylic acids is 2. The number of nitrogens with one attached hydrogen (secondary N) is 2. The summed E-state index contributed by atoms with van der Waals surface area (Å²) >= 11 is 12.2. The molecule has 3 aromatic rings. The number of hydrogen-bond acceptors (Lipinski definition) is 5. The van der Waals surface area contributed by atoms with Crippen LogP contribution in [0.1, 0.15) is 58.3 Å². The first-order chi connectivity index (χ1) is 21.0. The maximum atomic E-state index is 14.6. The van der Waals surface area contributed by atoms with Gasteiger partial charge in [0.05, 0.1) is 33.4 Å². The van der Waals surface area contributed by atoms with E-state index in [1.165, 1.54) is 32.9 Å². The van der Waals surface area contributed by atoms with Crippen LogP contribution in [-0.2, 0) is 9.59 Å². The Balaban J connectivity index is 2.17. The molecule has 1 atom stereocenters. The molecule has 0 aliphatic rings. The van der Waals surface area contributed by atoms with E-state index in [1.807, 2.05) is 0 Å².